The topological polar surface area (TPSA) is 84.7 Å². The molecule has 9 heteroatoms. The van der Waals surface area contributed by atoms with Crippen molar-refractivity contribution >= 4 is 45.7 Å². The van der Waals surface area contributed by atoms with Gasteiger partial charge in [0.05, 0.1) is 21.1 Å². The van der Waals surface area contributed by atoms with E-state index in [1.807, 2.05) is 6.07 Å². The van der Waals surface area contributed by atoms with Crippen molar-refractivity contribution in [1.82, 2.24) is 25.1 Å². The molecule has 0 radical (unpaired) electrons. The fourth-order valence-electron chi connectivity index (χ4n) is 3.76. The second-order valence-corrected chi connectivity index (χ2v) is 8.18. The minimum atomic E-state index is -0.386. The maximum absolute atomic E-state index is 13.1. The molecular formula is C22H18Cl2N6O. The van der Waals surface area contributed by atoms with Crippen molar-refractivity contribution in [3.05, 3.63) is 79.8 Å². The van der Waals surface area contributed by atoms with Crippen LogP contribution in [0.1, 0.15) is 16.8 Å². The van der Waals surface area contributed by atoms with Crippen LogP contribution in [0.3, 0.4) is 0 Å². The lowest BCUT2D eigenvalue weighted by Crippen LogP contribution is -2.24. The minimum absolute atomic E-state index is 0.336. The van der Waals surface area contributed by atoms with Crippen LogP contribution in [0.15, 0.2) is 47.4 Å². The number of aromatic nitrogens is 4. The molecule has 0 fully saturated rings. The van der Waals surface area contributed by atoms with Crippen LogP contribution in [0, 0.1) is 6.92 Å². The van der Waals surface area contributed by atoms with E-state index in [1.54, 1.807) is 25.1 Å². The van der Waals surface area contributed by atoms with E-state index in [2.05, 4.69) is 37.8 Å². The van der Waals surface area contributed by atoms with Crippen molar-refractivity contribution in [2.24, 2.45) is 0 Å². The number of benzene rings is 2. The predicted octanol–water partition coefficient (Wildman–Crippen LogP) is 4.18. The van der Waals surface area contributed by atoms with Crippen molar-refractivity contribution < 1.29 is 0 Å². The van der Waals surface area contributed by atoms with E-state index in [-0.39, 0.29) is 5.56 Å². The highest BCUT2D eigenvalue weighted by Gasteiger charge is 2.17. The van der Waals surface area contributed by atoms with Gasteiger partial charge in [0.15, 0.2) is 0 Å². The largest absolute Gasteiger partial charge is 0.324 e. The summed E-state index contributed by atoms with van der Waals surface area (Å²) >= 11 is 12.6. The molecule has 0 amide bonds. The summed E-state index contributed by atoms with van der Waals surface area (Å²) in [6.45, 7) is 3.63. The van der Waals surface area contributed by atoms with Crippen LogP contribution in [-0.4, -0.2) is 26.3 Å². The molecule has 1 aliphatic heterocycles. The van der Waals surface area contributed by atoms with E-state index in [4.69, 9.17) is 23.2 Å². The lowest BCUT2D eigenvalue weighted by atomic mass is 10.0. The molecule has 0 saturated carbocycles. The normalized spacial score (nSPS) is 13.3. The van der Waals surface area contributed by atoms with Gasteiger partial charge in [0.25, 0.3) is 5.56 Å². The zero-order valence-electron chi connectivity index (χ0n) is 16.6. The molecule has 0 saturated heterocycles. The van der Waals surface area contributed by atoms with E-state index in [0.29, 0.717) is 38.3 Å². The zero-order valence-corrected chi connectivity index (χ0v) is 18.1. The van der Waals surface area contributed by atoms with Crippen molar-refractivity contribution in [2.75, 3.05) is 11.9 Å². The molecule has 4 aromatic rings. The maximum atomic E-state index is 13.1. The van der Waals surface area contributed by atoms with Gasteiger partial charge in [-0.1, -0.05) is 35.3 Å². The summed E-state index contributed by atoms with van der Waals surface area (Å²) in [5.74, 6) is 0.402. The van der Waals surface area contributed by atoms with Crippen LogP contribution in [0.5, 0.6) is 0 Å². The first-order valence-electron chi connectivity index (χ1n) is 9.82. The molecule has 2 aromatic heterocycles. The molecule has 156 valence electrons. The number of anilines is 2. The molecule has 1 aliphatic rings. The molecule has 31 heavy (non-hydrogen) atoms. The van der Waals surface area contributed by atoms with Gasteiger partial charge in [-0.2, -0.15) is 9.78 Å². The Morgan fingerprint density at radius 2 is 1.94 bits per heavy atom. The zero-order chi connectivity index (χ0) is 21.5. The summed E-state index contributed by atoms with van der Waals surface area (Å²) in [5.41, 5.74) is 4.51. The van der Waals surface area contributed by atoms with Crippen molar-refractivity contribution in [1.29, 1.82) is 0 Å². The Hall–Kier alpha value is -3.00. The smallest absolute Gasteiger partial charge is 0.282 e. The molecule has 2 aromatic carbocycles. The van der Waals surface area contributed by atoms with E-state index >= 15 is 0 Å². The van der Waals surface area contributed by atoms with Crippen LogP contribution < -0.4 is 16.2 Å². The second-order valence-electron chi connectivity index (χ2n) is 7.36. The first-order chi connectivity index (χ1) is 15.0. The van der Waals surface area contributed by atoms with Crippen molar-refractivity contribution in [3.63, 3.8) is 0 Å². The second kappa shape index (κ2) is 7.92. The average molecular weight is 453 g/mol. The van der Waals surface area contributed by atoms with Crippen LogP contribution >= 0.6 is 23.2 Å². The molecule has 0 atom stereocenters. The monoisotopic (exact) mass is 452 g/mol. The third-order valence-corrected chi connectivity index (χ3v) is 5.91. The Morgan fingerprint density at radius 1 is 1.13 bits per heavy atom. The summed E-state index contributed by atoms with van der Waals surface area (Å²) < 4.78 is 1.20. The number of fused-ring (bicyclic) bond motifs is 2. The van der Waals surface area contributed by atoms with Gasteiger partial charge in [-0.25, -0.2) is 9.97 Å². The summed E-state index contributed by atoms with van der Waals surface area (Å²) in [6.07, 6.45) is 2.49. The summed E-state index contributed by atoms with van der Waals surface area (Å²) in [5, 5.41) is 12.0. The first-order valence-corrected chi connectivity index (χ1v) is 10.6. The summed E-state index contributed by atoms with van der Waals surface area (Å²) in [7, 11) is 0. The molecule has 0 aliphatic carbocycles. The van der Waals surface area contributed by atoms with Gasteiger partial charge in [0.1, 0.15) is 11.2 Å². The van der Waals surface area contributed by atoms with Gasteiger partial charge in [-0.05, 0) is 55.3 Å². The van der Waals surface area contributed by atoms with Crippen molar-refractivity contribution in [3.8, 4) is 5.69 Å². The number of hydrogen-bond donors (Lipinski definition) is 2. The number of para-hydroxylation sites is 1. The Balaban J connectivity index is 1.55. The third kappa shape index (κ3) is 3.65. The van der Waals surface area contributed by atoms with Gasteiger partial charge in [0.2, 0.25) is 5.95 Å². The first kappa shape index (κ1) is 19.9. The Morgan fingerprint density at radius 3 is 2.74 bits per heavy atom. The summed E-state index contributed by atoms with van der Waals surface area (Å²) in [4.78, 5) is 22.0. The van der Waals surface area contributed by atoms with Gasteiger partial charge < -0.3 is 10.6 Å². The number of rotatable bonds is 3. The number of nitrogens with zero attached hydrogens (tertiary/aromatic N) is 4. The van der Waals surface area contributed by atoms with Gasteiger partial charge in [-0.15, -0.1) is 0 Å². The minimum Gasteiger partial charge on any atom is -0.324 e. The molecule has 0 bridgehead atoms. The molecule has 0 unspecified atom stereocenters. The number of halogens is 2. The molecule has 3 heterocycles. The van der Waals surface area contributed by atoms with E-state index in [9.17, 15) is 4.79 Å². The van der Waals surface area contributed by atoms with Crippen LogP contribution in [-0.2, 0) is 13.0 Å². The highest BCUT2D eigenvalue weighted by molar-refractivity contribution is 6.37. The van der Waals surface area contributed by atoms with Crippen LogP contribution in [0.2, 0.25) is 10.0 Å². The Labute approximate surface area is 188 Å². The fourth-order valence-corrected chi connectivity index (χ4v) is 4.32. The van der Waals surface area contributed by atoms with E-state index in [1.165, 1.54) is 22.0 Å². The molecule has 2 N–H and O–H groups in total. The third-order valence-electron chi connectivity index (χ3n) is 5.30. The number of nitrogens with one attached hydrogen (secondary N) is 2. The standard InChI is InChI=1S/C22H18Cl2N6O/c1-12-19-16(21(31)30(29-12)20-17(23)3-2-4-18(20)24)11-26-22(28-19)27-15-6-5-14-10-25-8-7-13(14)9-15/h2-6,9,11,25H,7-8,10H2,1H3,(H,26,27,28). The Kier molecular flexibility index (Phi) is 5.09. The lowest BCUT2D eigenvalue weighted by Gasteiger charge is -2.18. The molecular weight excluding hydrogens is 435 g/mol. The number of hydrogen-bond acceptors (Lipinski definition) is 6. The van der Waals surface area contributed by atoms with Gasteiger partial charge >= 0.3 is 0 Å². The molecule has 0 spiro atoms. The van der Waals surface area contributed by atoms with E-state index in [0.717, 1.165) is 25.2 Å². The molecule has 5 rings (SSSR count). The van der Waals surface area contributed by atoms with Crippen molar-refractivity contribution in [2.45, 2.75) is 19.9 Å². The molecule has 7 nitrogen and oxygen atoms in total. The number of aryl methyl sites for hydroxylation is 1. The lowest BCUT2D eigenvalue weighted by molar-refractivity contribution is 0.644. The van der Waals surface area contributed by atoms with Gasteiger partial charge in [0, 0.05) is 18.4 Å². The SMILES string of the molecule is Cc1nn(-c2c(Cl)cccc2Cl)c(=O)c2cnc(Nc3ccc4c(c3)CCNC4)nc12. The quantitative estimate of drug-likeness (QED) is 0.484. The predicted molar refractivity (Wildman–Crippen MR) is 123 cm³/mol. The van der Waals surface area contributed by atoms with Crippen LogP contribution in [0.4, 0.5) is 11.6 Å². The average Bonchev–Trinajstić information content (AvgIpc) is 2.77. The maximum Gasteiger partial charge on any atom is 0.282 e. The van der Waals surface area contributed by atoms with Crippen LogP contribution in [0.25, 0.3) is 16.6 Å². The highest BCUT2D eigenvalue weighted by atomic mass is 35.5. The summed E-state index contributed by atoms with van der Waals surface area (Å²) in [6, 6.07) is 11.3. The fraction of sp³-hybridized carbons (Fsp3) is 0.182. The highest BCUT2D eigenvalue weighted by Crippen LogP contribution is 2.27. The van der Waals surface area contributed by atoms with Gasteiger partial charge in [-0.3, -0.25) is 4.79 Å². The Bertz CT molecular complexity index is 1360. The van der Waals surface area contributed by atoms with E-state index < -0.39 is 0 Å².